The lowest BCUT2D eigenvalue weighted by atomic mass is 10.1. The average molecular weight is 415 g/mol. The summed E-state index contributed by atoms with van der Waals surface area (Å²) in [5.74, 6) is 0.518. The predicted molar refractivity (Wildman–Crippen MR) is 109 cm³/mol. The van der Waals surface area contributed by atoms with E-state index >= 15 is 0 Å². The summed E-state index contributed by atoms with van der Waals surface area (Å²) in [5.41, 5.74) is 1.49. The van der Waals surface area contributed by atoms with Crippen LogP contribution < -0.4 is 19.8 Å². The zero-order chi connectivity index (χ0) is 21.0. The minimum atomic E-state index is -3.99. The molecule has 0 atom stereocenters. The summed E-state index contributed by atoms with van der Waals surface area (Å²) < 4.78 is 38.0. The fourth-order valence-electron chi connectivity index (χ4n) is 2.84. The molecule has 0 aliphatic heterocycles. The van der Waals surface area contributed by atoms with Gasteiger partial charge in [0.05, 0.1) is 24.8 Å². The smallest absolute Gasteiger partial charge is 0.264 e. The molecule has 9 heteroatoms. The van der Waals surface area contributed by atoms with E-state index in [-0.39, 0.29) is 16.6 Å². The molecule has 0 unspecified atom stereocenters. The van der Waals surface area contributed by atoms with Gasteiger partial charge in [-0.2, -0.15) is 0 Å². The second-order valence-corrected chi connectivity index (χ2v) is 7.95. The number of rotatable bonds is 7. The standard InChI is InChI=1S/C20H21N3O5S/c1-13-16(11-14-7-5-4-6-8-14)19(24)22-20(21-13)23-29(25,26)15-9-10-17(27-2)18(12-15)28-3/h4-10,12H,11H2,1-3H3,(H2,21,22,23,24). The number of hydrogen-bond acceptors (Lipinski definition) is 6. The fraction of sp³-hybridized carbons (Fsp3) is 0.200. The minimum Gasteiger partial charge on any atom is -0.493 e. The number of anilines is 1. The lowest BCUT2D eigenvalue weighted by Gasteiger charge is -2.12. The number of nitrogens with zero attached hydrogens (tertiary/aromatic N) is 1. The second kappa shape index (κ2) is 8.36. The molecule has 0 amide bonds. The highest BCUT2D eigenvalue weighted by Gasteiger charge is 2.19. The van der Waals surface area contributed by atoms with Gasteiger partial charge in [0.1, 0.15) is 0 Å². The largest absolute Gasteiger partial charge is 0.493 e. The normalized spacial score (nSPS) is 11.1. The number of H-pyrrole nitrogens is 1. The first-order valence-electron chi connectivity index (χ1n) is 8.72. The zero-order valence-corrected chi connectivity index (χ0v) is 17.0. The molecule has 152 valence electrons. The Labute approximate surface area is 168 Å². The van der Waals surface area contributed by atoms with E-state index in [0.717, 1.165) is 5.56 Å². The number of hydrogen-bond donors (Lipinski definition) is 2. The Morgan fingerprint density at radius 2 is 1.72 bits per heavy atom. The maximum Gasteiger partial charge on any atom is 0.264 e. The van der Waals surface area contributed by atoms with Crippen molar-refractivity contribution in [2.75, 3.05) is 18.9 Å². The van der Waals surface area contributed by atoms with Crippen LogP contribution in [0.4, 0.5) is 5.95 Å². The van der Waals surface area contributed by atoms with Gasteiger partial charge in [-0.3, -0.25) is 9.78 Å². The first kappa shape index (κ1) is 20.4. The lowest BCUT2D eigenvalue weighted by Crippen LogP contribution is -2.22. The van der Waals surface area contributed by atoms with E-state index in [1.807, 2.05) is 30.3 Å². The van der Waals surface area contributed by atoms with Crippen molar-refractivity contribution in [2.24, 2.45) is 0 Å². The third-order valence-corrected chi connectivity index (χ3v) is 5.68. The molecule has 1 heterocycles. The van der Waals surface area contributed by atoms with E-state index in [0.29, 0.717) is 23.4 Å². The van der Waals surface area contributed by atoms with E-state index < -0.39 is 15.6 Å². The highest BCUT2D eigenvalue weighted by Crippen LogP contribution is 2.29. The summed E-state index contributed by atoms with van der Waals surface area (Å²) in [6, 6.07) is 13.7. The van der Waals surface area contributed by atoms with Gasteiger partial charge in [-0.25, -0.2) is 18.1 Å². The molecule has 2 N–H and O–H groups in total. The Morgan fingerprint density at radius 1 is 1.03 bits per heavy atom. The highest BCUT2D eigenvalue weighted by atomic mass is 32.2. The van der Waals surface area contributed by atoms with Crippen molar-refractivity contribution >= 4 is 16.0 Å². The summed E-state index contributed by atoms with van der Waals surface area (Å²) in [5, 5.41) is 0. The number of benzene rings is 2. The van der Waals surface area contributed by atoms with Crippen LogP contribution >= 0.6 is 0 Å². The first-order valence-corrected chi connectivity index (χ1v) is 10.2. The van der Waals surface area contributed by atoms with E-state index in [2.05, 4.69) is 14.7 Å². The van der Waals surface area contributed by atoms with Crippen LogP contribution in [-0.4, -0.2) is 32.6 Å². The van der Waals surface area contributed by atoms with Gasteiger partial charge in [-0.1, -0.05) is 30.3 Å². The van der Waals surface area contributed by atoms with Gasteiger partial charge in [0.15, 0.2) is 11.5 Å². The number of aryl methyl sites for hydroxylation is 1. The summed E-state index contributed by atoms with van der Waals surface area (Å²) in [4.78, 5) is 19.2. The number of sulfonamides is 1. The van der Waals surface area contributed by atoms with Crippen LogP contribution in [-0.2, 0) is 16.4 Å². The van der Waals surface area contributed by atoms with Crippen LogP contribution in [0.25, 0.3) is 0 Å². The van der Waals surface area contributed by atoms with Gasteiger partial charge >= 0.3 is 0 Å². The molecule has 0 saturated heterocycles. The SMILES string of the molecule is COc1ccc(S(=O)(=O)Nc2nc(C)c(Cc3ccccc3)c(=O)[nH]2)cc1OC. The predicted octanol–water partition coefficient (Wildman–Crippen LogP) is 2.49. The van der Waals surface area contributed by atoms with Crippen LogP contribution in [0.1, 0.15) is 16.8 Å². The summed E-state index contributed by atoms with van der Waals surface area (Å²) in [6.45, 7) is 1.67. The molecule has 0 radical (unpaired) electrons. The number of methoxy groups -OCH3 is 2. The van der Waals surface area contributed by atoms with Crippen molar-refractivity contribution in [2.45, 2.75) is 18.2 Å². The molecule has 0 aliphatic carbocycles. The van der Waals surface area contributed by atoms with E-state index in [9.17, 15) is 13.2 Å². The second-order valence-electron chi connectivity index (χ2n) is 6.26. The lowest BCUT2D eigenvalue weighted by molar-refractivity contribution is 0.354. The van der Waals surface area contributed by atoms with E-state index in [1.54, 1.807) is 6.92 Å². The Hall–Kier alpha value is -3.33. The van der Waals surface area contributed by atoms with Gasteiger partial charge < -0.3 is 9.47 Å². The van der Waals surface area contributed by atoms with Crippen molar-refractivity contribution in [1.29, 1.82) is 0 Å². The molecule has 0 saturated carbocycles. The maximum atomic E-state index is 12.7. The Bertz CT molecular complexity index is 1170. The Morgan fingerprint density at radius 3 is 2.34 bits per heavy atom. The van der Waals surface area contributed by atoms with Gasteiger partial charge in [0.25, 0.3) is 15.6 Å². The van der Waals surface area contributed by atoms with E-state index in [1.165, 1.54) is 32.4 Å². The summed E-state index contributed by atoms with van der Waals surface area (Å²) >= 11 is 0. The van der Waals surface area contributed by atoms with Crippen molar-refractivity contribution < 1.29 is 17.9 Å². The van der Waals surface area contributed by atoms with Crippen molar-refractivity contribution in [3.63, 3.8) is 0 Å². The van der Waals surface area contributed by atoms with Crippen LogP contribution in [0.15, 0.2) is 58.2 Å². The fourth-order valence-corrected chi connectivity index (χ4v) is 3.82. The van der Waals surface area contributed by atoms with Gasteiger partial charge in [-0.15, -0.1) is 0 Å². The first-order chi connectivity index (χ1) is 13.8. The molecule has 1 aromatic heterocycles. The molecule has 8 nitrogen and oxygen atoms in total. The Balaban J connectivity index is 1.89. The van der Waals surface area contributed by atoms with E-state index in [4.69, 9.17) is 9.47 Å². The molecule has 0 bridgehead atoms. The quantitative estimate of drug-likeness (QED) is 0.613. The van der Waals surface area contributed by atoms with Crippen LogP contribution in [0.2, 0.25) is 0 Å². The van der Waals surface area contributed by atoms with Crippen molar-refractivity contribution in [3.8, 4) is 11.5 Å². The molecule has 0 aliphatic rings. The topological polar surface area (TPSA) is 110 Å². The maximum absolute atomic E-state index is 12.7. The third kappa shape index (κ3) is 4.57. The number of aromatic nitrogens is 2. The zero-order valence-electron chi connectivity index (χ0n) is 16.2. The van der Waals surface area contributed by atoms with Gasteiger partial charge in [0, 0.05) is 18.1 Å². The molecule has 29 heavy (non-hydrogen) atoms. The van der Waals surface area contributed by atoms with Crippen LogP contribution in [0.5, 0.6) is 11.5 Å². The average Bonchev–Trinajstić information content (AvgIpc) is 2.70. The monoisotopic (exact) mass is 415 g/mol. The Kier molecular flexibility index (Phi) is 5.88. The molecule has 3 aromatic rings. The number of nitrogens with one attached hydrogen (secondary N) is 2. The summed E-state index contributed by atoms with van der Waals surface area (Å²) in [6.07, 6.45) is 0.401. The number of aromatic amines is 1. The van der Waals surface area contributed by atoms with Crippen LogP contribution in [0, 0.1) is 6.92 Å². The number of ether oxygens (including phenoxy) is 2. The molecule has 2 aromatic carbocycles. The summed E-state index contributed by atoms with van der Waals surface area (Å²) in [7, 11) is -1.13. The molecule has 3 rings (SSSR count). The van der Waals surface area contributed by atoms with Gasteiger partial charge in [-0.05, 0) is 24.6 Å². The molecule has 0 fully saturated rings. The van der Waals surface area contributed by atoms with Crippen LogP contribution in [0.3, 0.4) is 0 Å². The molecule has 0 spiro atoms. The van der Waals surface area contributed by atoms with Crippen molar-refractivity contribution in [1.82, 2.24) is 9.97 Å². The van der Waals surface area contributed by atoms with Crippen molar-refractivity contribution in [3.05, 3.63) is 75.7 Å². The third-order valence-electron chi connectivity index (χ3n) is 4.34. The minimum absolute atomic E-state index is 0.0520. The highest BCUT2D eigenvalue weighted by molar-refractivity contribution is 7.92. The molecular weight excluding hydrogens is 394 g/mol. The molecular formula is C20H21N3O5S. The van der Waals surface area contributed by atoms with Gasteiger partial charge in [0.2, 0.25) is 5.95 Å².